The molecule has 1 aliphatic heterocycles. The lowest BCUT2D eigenvalue weighted by Crippen LogP contribution is -2.51. The molecule has 1 aliphatic carbocycles. The number of hydrogen-bond donors (Lipinski definition) is 0. The van der Waals surface area contributed by atoms with Crippen molar-refractivity contribution in [3.05, 3.63) is 41.5 Å². The molecule has 0 saturated carbocycles. The van der Waals surface area contributed by atoms with Crippen molar-refractivity contribution in [1.29, 1.82) is 0 Å². The Bertz CT molecular complexity index is 818. The van der Waals surface area contributed by atoms with Gasteiger partial charge in [-0.15, -0.1) is 0 Å². The predicted molar refractivity (Wildman–Crippen MR) is 124 cm³/mol. The van der Waals surface area contributed by atoms with Gasteiger partial charge in [0.1, 0.15) is 5.82 Å². The smallest absolute Gasteiger partial charge is 0.232 e. The first-order valence-corrected chi connectivity index (χ1v) is 12.0. The molecule has 156 valence electrons. The topological polar surface area (TPSA) is 54.4 Å². The number of aromatic nitrogens is 3. The van der Waals surface area contributed by atoms with Gasteiger partial charge in [-0.25, -0.2) is 9.97 Å². The number of pyridine rings is 1. The first-order valence-electron chi connectivity index (χ1n) is 10.7. The van der Waals surface area contributed by atoms with Gasteiger partial charge in [0.15, 0.2) is 0 Å². The van der Waals surface area contributed by atoms with Gasteiger partial charge in [0.05, 0.1) is 28.2 Å². The van der Waals surface area contributed by atoms with Gasteiger partial charge >= 0.3 is 0 Å². The third-order valence-corrected chi connectivity index (χ3v) is 6.88. The van der Waals surface area contributed by atoms with Crippen molar-refractivity contribution in [3.8, 4) is 5.88 Å². The van der Waals surface area contributed by atoms with Crippen LogP contribution in [0, 0.1) is 6.92 Å². The highest BCUT2D eigenvalue weighted by Crippen LogP contribution is 2.22. The largest absolute Gasteiger partial charge is 0.477 e. The van der Waals surface area contributed by atoms with E-state index in [2.05, 4.69) is 72.5 Å². The third kappa shape index (κ3) is 5.57. The van der Waals surface area contributed by atoms with E-state index in [1.54, 1.807) is 6.20 Å². The van der Waals surface area contributed by atoms with Crippen LogP contribution in [-0.4, -0.2) is 56.7 Å². The number of aryl methyl sites for hydroxylation is 3. The summed E-state index contributed by atoms with van der Waals surface area (Å²) >= 11 is 2.57. The fourth-order valence-corrected chi connectivity index (χ4v) is 5.07. The molecular weight excluding hydrogens is 477 g/mol. The van der Waals surface area contributed by atoms with E-state index in [4.69, 9.17) is 4.74 Å². The van der Waals surface area contributed by atoms with Crippen LogP contribution in [0.25, 0.3) is 0 Å². The zero-order valence-electron chi connectivity index (χ0n) is 17.2. The Kier molecular flexibility index (Phi) is 7.18. The molecule has 1 unspecified atom stereocenters. The molecule has 6 nitrogen and oxygen atoms in total. The van der Waals surface area contributed by atoms with Gasteiger partial charge < -0.3 is 9.64 Å². The van der Waals surface area contributed by atoms with Crippen molar-refractivity contribution in [1.82, 2.24) is 19.9 Å². The number of alkyl halides is 1. The molecule has 0 aromatic carbocycles. The maximum absolute atomic E-state index is 5.86. The average molecular weight is 507 g/mol. The Balaban J connectivity index is 1.17. The summed E-state index contributed by atoms with van der Waals surface area (Å²) in [6.07, 6.45) is 8.53. The normalized spacial score (nSPS) is 19.8. The van der Waals surface area contributed by atoms with Crippen LogP contribution in [-0.2, 0) is 12.8 Å². The molecular formula is C22H30IN5O. The van der Waals surface area contributed by atoms with Gasteiger partial charge in [-0.3, -0.25) is 9.88 Å². The van der Waals surface area contributed by atoms with Gasteiger partial charge in [0.2, 0.25) is 5.88 Å². The van der Waals surface area contributed by atoms with E-state index in [9.17, 15) is 0 Å². The summed E-state index contributed by atoms with van der Waals surface area (Å²) < 4.78 is 6.37. The molecule has 7 heteroatoms. The average Bonchev–Trinajstić information content (AvgIpc) is 2.74. The van der Waals surface area contributed by atoms with E-state index >= 15 is 0 Å². The van der Waals surface area contributed by atoms with Crippen molar-refractivity contribution < 1.29 is 4.74 Å². The second-order valence-corrected chi connectivity index (χ2v) is 9.36. The lowest BCUT2D eigenvalue weighted by atomic mass is 10.0. The van der Waals surface area contributed by atoms with Gasteiger partial charge in [-0.1, -0.05) is 28.7 Å². The number of halogens is 1. The Morgan fingerprint density at radius 1 is 1.10 bits per heavy atom. The van der Waals surface area contributed by atoms with Crippen LogP contribution >= 0.6 is 22.6 Å². The number of fused-ring (bicyclic) bond motifs is 1. The first kappa shape index (κ1) is 20.8. The molecule has 1 atom stereocenters. The number of nitrogens with zero attached hydrogens (tertiary/aromatic N) is 5. The minimum atomic E-state index is 0.510. The second-order valence-electron chi connectivity index (χ2n) is 7.92. The lowest BCUT2D eigenvalue weighted by molar-refractivity contribution is 0.226. The Morgan fingerprint density at radius 2 is 1.97 bits per heavy atom. The maximum atomic E-state index is 5.86. The Labute approximate surface area is 187 Å². The van der Waals surface area contributed by atoms with E-state index in [1.165, 1.54) is 12.8 Å². The Hall–Kier alpha value is -1.48. The molecule has 4 rings (SSSR count). The molecule has 1 saturated heterocycles. The summed E-state index contributed by atoms with van der Waals surface area (Å²) in [5.74, 6) is 1.79. The molecule has 0 spiro atoms. The van der Waals surface area contributed by atoms with Crippen molar-refractivity contribution in [3.63, 3.8) is 0 Å². The number of piperazine rings is 1. The summed E-state index contributed by atoms with van der Waals surface area (Å²) in [5.41, 5.74) is 3.39. The highest BCUT2D eigenvalue weighted by molar-refractivity contribution is 14.1. The molecule has 1 fully saturated rings. The number of hydrogen-bond acceptors (Lipinski definition) is 6. The van der Waals surface area contributed by atoms with Crippen LogP contribution in [0.3, 0.4) is 0 Å². The lowest BCUT2D eigenvalue weighted by Gasteiger charge is -2.39. The third-order valence-electron chi connectivity index (χ3n) is 5.70. The zero-order valence-corrected chi connectivity index (χ0v) is 19.3. The number of ether oxygens (including phenoxy) is 1. The molecule has 2 aromatic rings. The van der Waals surface area contributed by atoms with Gasteiger partial charge in [-0.2, -0.15) is 0 Å². The van der Waals surface area contributed by atoms with E-state index < -0.39 is 0 Å². The highest BCUT2D eigenvalue weighted by atomic mass is 127. The fraction of sp³-hybridized carbons (Fsp3) is 0.591. The first-order chi connectivity index (χ1) is 14.2. The standard InChI is InChI=1S/C22H30IN5O/c1-17-7-6-10-21(25-17)28-13-12-27(20(23)16-28)11-4-5-14-29-22-15-24-18-8-2-3-9-19(18)26-22/h6-7,10,15,20H,2-5,8-9,11-14,16H2,1H3. The minimum absolute atomic E-state index is 0.510. The summed E-state index contributed by atoms with van der Waals surface area (Å²) in [5, 5.41) is 0. The number of unbranched alkanes of at least 4 members (excludes halogenated alkanes) is 1. The minimum Gasteiger partial charge on any atom is -0.477 e. The molecule has 0 radical (unpaired) electrons. The van der Waals surface area contributed by atoms with Crippen LogP contribution in [0.5, 0.6) is 5.88 Å². The van der Waals surface area contributed by atoms with Gasteiger partial charge in [0.25, 0.3) is 0 Å². The predicted octanol–water partition coefficient (Wildman–Crippen LogP) is 3.80. The second kappa shape index (κ2) is 10.0. The fourth-order valence-electron chi connectivity index (χ4n) is 4.03. The number of anilines is 1. The van der Waals surface area contributed by atoms with Crippen molar-refractivity contribution in [2.45, 2.75) is 49.5 Å². The van der Waals surface area contributed by atoms with Crippen LogP contribution < -0.4 is 9.64 Å². The monoisotopic (exact) mass is 507 g/mol. The molecule has 0 N–H and O–H groups in total. The van der Waals surface area contributed by atoms with Crippen LogP contribution in [0.2, 0.25) is 0 Å². The highest BCUT2D eigenvalue weighted by Gasteiger charge is 2.25. The molecule has 3 heterocycles. The van der Waals surface area contributed by atoms with Gasteiger partial charge in [-0.05, 0) is 64.1 Å². The number of rotatable bonds is 7. The SMILES string of the molecule is Cc1cccc(N2CCN(CCCCOc3cnc4c(n3)CCCC4)C(I)C2)n1. The van der Waals surface area contributed by atoms with Gasteiger partial charge in [0, 0.05) is 25.3 Å². The van der Waals surface area contributed by atoms with Crippen LogP contribution in [0.1, 0.15) is 42.8 Å². The summed E-state index contributed by atoms with van der Waals surface area (Å²) in [6.45, 7) is 7.03. The molecule has 2 aromatic heterocycles. The zero-order chi connectivity index (χ0) is 20.1. The van der Waals surface area contributed by atoms with Crippen molar-refractivity contribution in [2.24, 2.45) is 0 Å². The maximum Gasteiger partial charge on any atom is 0.232 e. The molecule has 0 amide bonds. The Morgan fingerprint density at radius 3 is 2.79 bits per heavy atom. The van der Waals surface area contributed by atoms with Crippen molar-refractivity contribution in [2.75, 3.05) is 37.7 Å². The van der Waals surface area contributed by atoms with E-state index in [-0.39, 0.29) is 0 Å². The van der Waals surface area contributed by atoms with E-state index in [0.29, 0.717) is 16.5 Å². The summed E-state index contributed by atoms with van der Waals surface area (Å²) in [6, 6.07) is 6.27. The van der Waals surface area contributed by atoms with Crippen LogP contribution in [0.15, 0.2) is 24.4 Å². The molecule has 29 heavy (non-hydrogen) atoms. The molecule has 2 aliphatic rings. The summed E-state index contributed by atoms with van der Waals surface area (Å²) in [4.78, 5) is 18.8. The van der Waals surface area contributed by atoms with Crippen LogP contribution in [0.4, 0.5) is 5.82 Å². The van der Waals surface area contributed by atoms with E-state index in [0.717, 1.165) is 74.8 Å². The van der Waals surface area contributed by atoms with Crippen molar-refractivity contribution >= 4 is 28.4 Å². The quantitative estimate of drug-likeness (QED) is 0.246. The van der Waals surface area contributed by atoms with E-state index in [1.807, 2.05) is 0 Å². The summed E-state index contributed by atoms with van der Waals surface area (Å²) in [7, 11) is 0. The molecule has 0 bridgehead atoms.